The molecule has 0 bridgehead atoms. The summed E-state index contributed by atoms with van der Waals surface area (Å²) < 4.78 is 38.8. The first kappa shape index (κ1) is 11.9. The maximum atomic E-state index is 13.2. The van der Waals surface area contributed by atoms with E-state index in [0.717, 1.165) is 12.1 Å². The molecule has 0 radical (unpaired) electrons. The number of nitrogens with two attached hydrogens (primary N) is 2. The van der Waals surface area contributed by atoms with Crippen LogP contribution in [0.15, 0.2) is 22.4 Å². The topological polar surface area (TPSA) is 105 Å². The van der Waals surface area contributed by atoms with E-state index in [-0.39, 0.29) is 17.3 Å². The minimum absolute atomic E-state index is 0.000803. The van der Waals surface area contributed by atoms with E-state index >= 15 is 0 Å². The number of rotatable bonds is 2. The Balaban J connectivity index is 2.38. The number of azo groups is 1. The molecule has 0 spiro atoms. The van der Waals surface area contributed by atoms with Gasteiger partial charge in [0.2, 0.25) is 0 Å². The van der Waals surface area contributed by atoms with Gasteiger partial charge in [-0.3, -0.25) is 5.10 Å². The van der Waals surface area contributed by atoms with Gasteiger partial charge in [-0.2, -0.15) is 5.10 Å². The highest BCUT2D eigenvalue weighted by molar-refractivity contribution is 5.70. The van der Waals surface area contributed by atoms with Crippen molar-refractivity contribution in [1.82, 2.24) is 10.2 Å². The van der Waals surface area contributed by atoms with Gasteiger partial charge in [-0.05, 0) is 12.1 Å². The van der Waals surface area contributed by atoms with E-state index in [9.17, 15) is 13.2 Å². The van der Waals surface area contributed by atoms with Gasteiger partial charge in [-0.15, -0.1) is 10.2 Å². The lowest BCUT2D eigenvalue weighted by molar-refractivity contribution is 0.448. The fourth-order valence-electron chi connectivity index (χ4n) is 1.17. The lowest BCUT2D eigenvalue weighted by Gasteiger charge is -1.98. The fraction of sp³-hybridized carbons (Fsp3) is 0. The second-order valence-corrected chi connectivity index (χ2v) is 3.27. The normalized spacial score (nSPS) is 11.3. The monoisotopic (exact) mass is 256 g/mol. The van der Waals surface area contributed by atoms with Gasteiger partial charge < -0.3 is 11.5 Å². The summed E-state index contributed by atoms with van der Waals surface area (Å²) in [5.41, 5.74) is 10.3. The van der Waals surface area contributed by atoms with Gasteiger partial charge in [0.25, 0.3) is 0 Å². The van der Waals surface area contributed by atoms with Gasteiger partial charge in [0, 0.05) is 0 Å². The zero-order chi connectivity index (χ0) is 13.3. The van der Waals surface area contributed by atoms with Crippen LogP contribution in [0, 0.1) is 17.5 Å². The first-order valence-electron chi connectivity index (χ1n) is 4.65. The maximum Gasteiger partial charge on any atom is 0.196 e. The molecule has 0 atom stereocenters. The maximum absolute atomic E-state index is 13.2. The summed E-state index contributed by atoms with van der Waals surface area (Å²) in [6.07, 6.45) is 0. The zero-order valence-electron chi connectivity index (χ0n) is 8.78. The molecule has 1 aromatic carbocycles. The molecule has 0 aliphatic heterocycles. The summed E-state index contributed by atoms with van der Waals surface area (Å²) in [5.74, 6) is -4.40. The van der Waals surface area contributed by atoms with Gasteiger partial charge in [0.1, 0.15) is 11.5 Å². The van der Waals surface area contributed by atoms with Crippen LogP contribution < -0.4 is 11.5 Å². The molecule has 0 aliphatic carbocycles. The number of H-pyrrole nitrogens is 1. The van der Waals surface area contributed by atoms with E-state index in [1.165, 1.54) is 0 Å². The summed E-state index contributed by atoms with van der Waals surface area (Å²) in [5, 5.41) is 12.8. The third kappa shape index (κ3) is 1.97. The molecule has 0 saturated carbocycles. The number of aromatic amines is 1. The largest absolute Gasteiger partial charge is 0.382 e. The summed E-state index contributed by atoms with van der Waals surface area (Å²) in [4.78, 5) is 0. The quantitative estimate of drug-likeness (QED) is 0.567. The molecule has 2 rings (SSSR count). The van der Waals surface area contributed by atoms with E-state index in [2.05, 4.69) is 20.4 Å². The number of nitrogens with zero attached hydrogens (tertiary/aromatic N) is 3. The molecule has 2 aromatic rings. The number of halogens is 3. The number of hydrogen-bond donors (Lipinski definition) is 3. The summed E-state index contributed by atoms with van der Waals surface area (Å²) >= 11 is 0. The number of aromatic nitrogens is 2. The van der Waals surface area contributed by atoms with Crippen molar-refractivity contribution in [3.8, 4) is 0 Å². The van der Waals surface area contributed by atoms with Crippen molar-refractivity contribution in [2.75, 3.05) is 11.5 Å². The molecule has 1 heterocycles. The molecule has 0 amide bonds. The predicted octanol–water partition coefficient (Wildman–Crippen LogP) is 2.41. The molecule has 18 heavy (non-hydrogen) atoms. The molecule has 9 heteroatoms. The molecule has 0 fully saturated rings. The van der Waals surface area contributed by atoms with Crippen molar-refractivity contribution in [3.05, 3.63) is 29.6 Å². The molecular formula is C9H7F3N6. The lowest BCUT2D eigenvalue weighted by Crippen LogP contribution is -1.89. The molecule has 1 aromatic heterocycles. The van der Waals surface area contributed by atoms with Gasteiger partial charge in [0.15, 0.2) is 29.0 Å². The van der Waals surface area contributed by atoms with Crippen molar-refractivity contribution >= 4 is 23.0 Å². The van der Waals surface area contributed by atoms with E-state index in [4.69, 9.17) is 11.5 Å². The summed E-state index contributed by atoms with van der Waals surface area (Å²) in [6.45, 7) is 0. The van der Waals surface area contributed by atoms with Gasteiger partial charge in [-0.1, -0.05) is 0 Å². The van der Waals surface area contributed by atoms with E-state index < -0.39 is 23.1 Å². The number of nitrogen functional groups attached to an aromatic ring is 2. The summed E-state index contributed by atoms with van der Waals surface area (Å²) in [7, 11) is 0. The smallest absolute Gasteiger partial charge is 0.196 e. The number of anilines is 2. The Morgan fingerprint density at radius 3 is 2.39 bits per heavy atom. The SMILES string of the molecule is Nc1n[nH]c(N)c1N=Nc1ccc(F)c(F)c1F. The highest BCUT2D eigenvalue weighted by Crippen LogP contribution is 2.29. The van der Waals surface area contributed by atoms with Crippen molar-refractivity contribution in [3.63, 3.8) is 0 Å². The number of benzene rings is 1. The Morgan fingerprint density at radius 1 is 1.06 bits per heavy atom. The molecule has 94 valence electrons. The third-order valence-electron chi connectivity index (χ3n) is 2.07. The highest BCUT2D eigenvalue weighted by atomic mass is 19.2. The van der Waals surface area contributed by atoms with E-state index in [0.29, 0.717) is 0 Å². The third-order valence-corrected chi connectivity index (χ3v) is 2.07. The van der Waals surface area contributed by atoms with Crippen LogP contribution >= 0.6 is 0 Å². The van der Waals surface area contributed by atoms with Gasteiger partial charge in [0.05, 0.1) is 0 Å². The number of nitrogens with one attached hydrogen (secondary N) is 1. The Labute approximate surface area is 98.5 Å². The Hall–Kier alpha value is -2.58. The second-order valence-electron chi connectivity index (χ2n) is 3.27. The van der Waals surface area contributed by atoms with Crippen molar-refractivity contribution in [2.45, 2.75) is 0 Å². The highest BCUT2D eigenvalue weighted by Gasteiger charge is 2.13. The van der Waals surface area contributed by atoms with Crippen LogP contribution in [0.3, 0.4) is 0 Å². The van der Waals surface area contributed by atoms with E-state index in [1.54, 1.807) is 0 Å². The van der Waals surface area contributed by atoms with Crippen LogP contribution in [0.1, 0.15) is 0 Å². The average molecular weight is 256 g/mol. The van der Waals surface area contributed by atoms with Gasteiger partial charge in [-0.25, -0.2) is 13.2 Å². The molecule has 0 unspecified atom stereocenters. The Morgan fingerprint density at radius 2 is 1.78 bits per heavy atom. The lowest BCUT2D eigenvalue weighted by atomic mass is 10.3. The first-order chi connectivity index (χ1) is 8.50. The minimum Gasteiger partial charge on any atom is -0.382 e. The molecular weight excluding hydrogens is 249 g/mol. The van der Waals surface area contributed by atoms with Crippen LogP contribution in [-0.2, 0) is 0 Å². The predicted molar refractivity (Wildman–Crippen MR) is 57.9 cm³/mol. The minimum atomic E-state index is -1.63. The molecule has 6 nitrogen and oxygen atoms in total. The van der Waals surface area contributed by atoms with Crippen molar-refractivity contribution in [2.24, 2.45) is 10.2 Å². The first-order valence-corrected chi connectivity index (χ1v) is 4.65. The molecule has 0 aliphatic rings. The average Bonchev–Trinajstić information content (AvgIpc) is 2.66. The van der Waals surface area contributed by atoms with Gasteiger partial charge >= 0.3 is 0 Å². The van der Waals surface area contributed by atoms with Crippen LogP contribution in [-0.4, -0.2) is 10.2 Å². The summed E-state index contributed by atoms with van der Waals surface area (Å²) in [6, 6.07) is 1.67. The van der Waals surface area contributed by atoms with Crippen LogP contribution in [0.2, 0.25) is 0 Å². The van der Waals surface area contributed by atoms with Crippen LogP contribution in [0.25, 0.3) is 0 Å². The van der Waals surface area contributed by atoms with Crippen molar-refractivity contribution in [1.29, 1.82) is 0 Å². The molecule has 5 N–H and O–H groups in total. The van der Waals surface area contributed by atoms with Crippen LogP contribution in [0.5, 0.6) is 0 Å². The van der Waals surface area contributed by atoms with Crippen LogP contribution in [0.4, 0.5) is 36.2 Å². The standard InChI is InChI=1S/C9H7F3N6/c10-3-1-2-4(6(12)5(3)11)15-16-7-8(13)17-18-9(7)14/h1-2H,(H5,13,14,17,18). The second kappa shape index (κ2) is 4.35. The fourth-order valence-corrected chi connectivity index (χ4v) is 1.17. The zero-order valence-corrected chi connectivity index (χ0v) is 8.78. The molecule has 0 saturated heterocycles. The Kier molecular flexibility index (Phi) is 2.88. The Bertz CT molecular complexity index is 602. The number of hydrogen-bond acceptors (Lipinski definition) is 5. The van der Waals surface area contributed by atoms with Crippen molar-refractivity contribution < 1.29 is 13.2 Å². The van der Waals surface area contributed by atoms with E-state index in [1.807, 2.05) is 0 Å².